The zero-order valence-electron chi connectivity index (χ0n) is 19.2. The Balaban J connectivity index is 1.71. The predicted octanol–water partition coefficient (Wildman–Crippen LogP) is 9.49. The Labute approximate surface area is 226 Å². The molecule has 0 N–H and O–H groups in total. The van der Waals surface area contributed by atoms with Crippen molar-refractivity contribution in [1.29, 1.82) is 0 Å². The van der Waals surface area contributed by atoms with Crippen LogP contribution in [-0.2, 0) is 5.41 Å². The van der Waals surface area contributed by atoms with Crippen LogP contribution in [0.3, 0.4) is 0 Å². The van der Waals surface area contributed by atoms with Crippen molar-refractivity contribution >= 4 is 65.8 Å². The Hall–Kier alpha value is -3.40. The van der Waals surface area contributed by atoms with Gasteiger partial charge in [-0.3, -0.25) is 0 Å². The normalized spacial score (nSPS) is 14.5. The van der Waals surface area contributed by atoms with Gasteiger partial charge < -0.3 is 4.57 Å². The second kappa shape index (κ2) is 7.32. The monoisotopic (exact) mass is 587 g/mol. The number of hydrogen-bond donors (Lipinski definition) is 0. The molecular formula is C33H19Br2N. The average molecular weight is 589 g/mol. The number of halogens is 2. The molecule has 1 spiro atoms. The van der Waals surface area contributed by atoms with Crippen LogP contribution in [0.15, 0.2) is 112 Å². The molecule has 5 aromatic carbocycles. The Morgan fingerprint density at radius 3 is 1.89 bits per heavy atom. The van der Waals surface area contributed by atoms with Gasteiger partial charge in [-0.25, -0.2) is 0 Å². The zero-order chi connectivity index (χ0) is 24.0. The number of fused-ring (bicyclic) bond motifs is 11. The standard InChI is InChI=1S/C33H19Br2N/c34-22-16-14-20-12-13-21-15-17-23(35)19-29(21)33(28(20)18-22)26-8-2-4-11-31(26)36-30-10-3-1-6-24(30)25-7-5-9-27(33)32(25)36/h1-19H. The van der Waals surface area contributed by atoms with Gasteiger partial charge in [0.1, 0.15) is 0 Å². The summed E-state index contributed by atoms with van der Waals surface area (Å²) in [7, 11) is 0. The topological polar surface area (TPSA) is 4.93 Å². The summed E-state index contributed by atoms with van der Waals surface area (Å²) in [5, 5.41) is 2.58. The molecule has 2 aliphatic rings. The number of nitrogens with zero attached hydrogens (tertiary/aromatic N) is 1. The van der Waals surface area contributed by atoms with Crippen LogP contribution < -0.4 is 0 Å². The van der Waals surface area contributed by atoms with Gasteiger partial charge in [-0.05, 0) is 69.8 Å². The molecule has 0 fully saturated rings. The van der Waals surface area contributed by atoms with Gasteiger partial charge >= 0.3 is 0 Å². The minimum atomic E-state index is -0.484. The van der Waals surface area contributed by atoms with Crippen molar-refractivity contribution in [2.75, 3.05) is 0 Å². The maximum absolute atomic E-state index is 3.82. The molecule has 0 unspecified atom stereocenters. The molecule has 1 aliphatic heterocycles. The molecule has 0 radical (unpaired) electrons. The summed E-state index contributed by atoms with van der Waals surface area (Å²) in [4.78, 5) is 0. The molecule has 8 rings (SSSR count). The first-order valence-corrected chi connectivity index (χ1v) is 13.7. The molecule has 1 aromatic heterocycles. The van der Waals surface area contributed by atoms with E-state index in [0.29, 0.717) is 0 Å². The van der Waals surface area contributed by atoms with Gasteiger partial charge in [0.25, 0.3) is 0 Å². The Bertz CT molecular complexity index is 1870. The van der Waals surface area contributed by atoms with Gasteiger partial charge in [-0.15, -0.1) is 0 Å². The maximum atomic E-state index is 3.82. The fraction of sp³-hybridized carbons (Fsp3) is 0.0303. The molecule has 0 saturated carbocycles. The molecule has 0 amide bonds. The lowest BCUT2D eigenvalue weighted by atomic mass is 9.62. The summed E-state index contributed by atoms with van der Waals surface area (Å²) < 4.78 is 4.65. The lowest BCUT2D eigenvalue weighted by Crippen LogP contribution is -2.36. The van der Waals surface area contributed by atoms with Gasteiger partial charge in [0.05, 0.1) is 22.1 Å². The SMILES string of the molecule is Brc1ccc2c(c1)C1(c3cc(Br)ccc3C=C2)c2ccccc2-n2c3ccccc3c3cccc1c32. The largest absolute Gasteiger partial charge is 0.309 e. The van der Waals surface area contributed by atoms with E-state index in [1.54, 1.807) is 0 Å². The Morgan fingerprint density at radius 1 is 0.528 bits per heavy atom. The Kier molecular flexibility index (Phi) is 4.22. The van der Waals surface area contributed by atoms with Crippen molar-refractivity contribution in [2.45, 2.75) is 5.41 Å². The van der Waals surface area contributed by atoms with Crippen molar-refractivity contribution in [3.63, 3.8) is 0 Å². The van der Waals surface area contributed by atoms with Crippen molar-refractivity contribution in [3.05, 3.63) is 145 Å². The zero-order valence-corrected chi connectivity index (χ0v) is 22.3. The fourth-order valence-electron chi connectivity index (χ4n) is 6.60. The summed E-state index contributed by atoms with van der Waals surface area (Å²) >= 11 is 7.64. The van der Waals surface area contributed by atoms with E-state index >= 15 is 0 Å². The van der Waals surface area contributed by atoms with Crippen LogP contribution in [-0.4, -0.2) is 4.57 Å². The quantitative estimate of drug-likeness (QED) is 0.166. The first kappa shape index (κ1) is 20.8. The lowest BCUT2D eigenvalue weighted by Gasteiger charge is -2.42. The van der Waals surface area contributed by atoms with Crippen molar-refractivity contribution in [2.24, 2.45) is 0 Å². The number of para-hydroxylation sites is 3. The summed E-state index contributed by atoms with van der Waals surface area (Å²) in [5.41, 5.74) is 11.0. The highest BCUT2D eigenvalue weighted by atomic mass is 79.9. The van der Waals surface area contributed by atoms with Crippen LogP contribution in [0.5, 0.6) is 0 Å². The van der Waals surface area contributed by atoms with Crippen LogP contribution in [0.4, 0.5) is 0 Å². The molecular weight excluding hydrogens is 570 g/mol. The first-order chi connectivity index (χ1) is 17.7. The molecule has 36 heavy (non-hydrogen) atoms. The molecule has 1 aliphatic carbocycles. The number of rotatable bonds is 0. The summed E-state index contributed by atoms with van der Waals surface area (Å²) in [5.74, 6) is 0. The molecule has 2 heterocycles. The number of hydrogen-bond acceptors (Lipinski definition) is 0. The molecule has 3 heteroatoms. The second-order valence-corrected chi connectivity index (χ2v) is 11.4. The third-order valence-electron chi connectivity index (χ3n) is 7.93. The van der Waals surface area contributed by atoms with Crippen LogP contribution in [0.1, 0.15) is 33.4 Å². The minimum Gasteiger partial charge on any atom is -0.309 e. The summed E-state index contributed by atoms with van der Waals surface area (Å²) in [6.07, 6.45) is 4.55. The van der Waals surface area contributed by atoms with Gasteiger partial charge in [0, 0.05) is 19.7 Å². The van der Waals surface area contributed by atoms with Gasteiger partial charge in [-0.1, -0.05) is 111 Å². The lowest BCUT2D eigenvalue weighted by molar-refractivity contribution is 0.725. The molecule has 0 bridgehead atoms. The van der Waals surface area contributed by atoms with E-state index in [1.165, 1.54) is 60.9 Å². The van der Waals surface area contributed by atoms with Crippen LogP contribution in [0, 0.1) is 0 Å². The van der Waals surface area contributed by atoms with Crippen LogP contribution in [0.25, 0.3) is 39.6 Å². The number of benzene rings is 5. The van der Waals surface area contributed by atoms with E-state index in [1.807, 2.05) is 0 Å². The van der Waals surface area contributed by atoms with E-state index in [2.05, 4.69) is 152 Å². The van der Waals surface area contributed by atoms with Crippen molar-refractivity contribution < 1.29 is 0 Å². The van der Waals surface area contributed by atoms with E-state index in [0.717, 1.165) is 8.95 Å². The fourth-order valence-corrected chi connectivity index (χ4v) is 7.33. The van der Waals surface area contributed by atoms with E-state index in [9.17, 15) is 0 Å². The highest BCUT2D eigenvalue weighted by Crippen LogP contribution is 2.57. The van der Waals surface area contributed by atoms with Gasteiger partial charge in [0.15, 0.2) is 0 Å². The first-order valence-electron chi connectivity index (χ1n) is 12.1. The molecule has 6 aromatic rings. The second-order valence-electron chi connectivity index (χ2n) is 9.62. The summed E-state index contributed by atoms with van der Waals surface area (Å²) in [6, 6.07) is 38.0. The maximum Gasteiger partial charge on any atom is 0.0754 e. The van der Waals surface area contributed by atoms with Crippen molar-refractivity contribution in [1.82, 2.24) is 4.57 Å². The van der Waals surface area contributed by atoms with Crippen molar-refractivity contribution in [3.8, 4) is 5.69 Å². The average Bonchev–Trinajstić information content (AvgIpc) is 3.18. The Morgan fingerprint density at radius 2 is 1.14 bits per heavy atom. The third kappa shape index (κ3) is 2.50. The molecule has 170 valence electrons. The molecule has 0 saturated heterocycles. The van der Waals surface area contributed by atoms with Crippen LogP contribution >= 0.6 is 31.9 Å². The number of aromatic nitrogens is 1. The predicted molar refractivity (Wildman–Crippen MR) is 157 cm³/mol. The highest BCUT2D eigenvalue weighted by Gasteiger charge is 2.47. The highest BCUT2D eigenvalue weighted by molar-refractivity contribution is 9.10. The van der Waals surface area contributed by atoms with Gasteiger partial charge in [-0.2, -0.15) is 0 Å². The van der Waals surface area contributed by atoms with E-state index in [4.69, 9.17) is 0 Å². The minimum absolute atomic E-state index is 0.484. The van der Waals surface area contributed by atoms with E-state index < -0.39 is 5.41 Å². The summed E-state index contributed by atoms with van der Waals surface area (Å²) in [6.45, 7) is 0. The smallest absolute Gasteiger partial charge is 0.0754 e. The molecule has 0 atom stereocenters. The van der Waals surface area contributed by atoms with Gasteiger partial charge in [0.2, 0.25) is 0 Å². The van der Waals surface area contributed by atoms with E-state index in [-0.39, 0.29) is 0 Å². The third-order valence-corrected chi connectivity index (χ3v) is 8.92. The van der Waals surface area contributed by atoms with Crippen LogP contribution in [0.2, 0.25) is 0 Å². The molecule has 1 nitrogen and oxygen atoms in total.